The normalized spacial score (nSPS) is 14.4. The first-order valence-corrected chi connectivity index (χ1v) is 12.5. The van der Waals surface area contributed by atoms with E-state index in [1.165, 1.54) is 5.56 Å². The smallest absolute Gasteiger partial charge is 0.271 e. The van der Waals surface area contributed by atoms with Gasteiger partial charge >= 0.3 is 0 Å². The largest absolute Gasteiger partial charge is 0.497 e. The van der Waals surface area contributed by atoms with E-state index in [-0.39, 0.29) is 17.7 Å². The highest BCUT2D eigenvalue weighted by Crippen LogP contribution is 2.32. The average molecular weight is 523 g/mol. The van der Waals surface area contributed by atoms with Gasteiger partial charge in [0.05, 0.1) is 14.2 Å². The van der Waals surface area contributed by atoms with Crippen LogP contribution in [0, 0.1) is 18.3 Å². The first kappa shape index (κ1) is 27.2. The van der Waals surface area contributed by atoms with Crippen LogP contribution in [0.25, 0.3) is 6.08 Å². The Morgan fingerprint density at radius 2 is 1.54 bits per heavy atom. The van der Waals surface area contributed by atoms with Crippen molar-refractivity contribution in [1.29, 1.82) is 5.26 Å². The maximum Gasteiger partial charge on any atom is 0.271 e. The highest BCUT2D eigenvalue weighted by atomic mass is 16.5. The van der Waals surface area contributed by atoms with Crippen molar-refractivity contribution in [3.05, 3.63) is 106 Å². The van der Waals surface area contributed by atoms with Gasteiger partial charge in [-0.05, 0) is 72.9 Å². The van der Waals surface area contributed by atoms with Crippen LogP contribution < -0.4 is 14.2 Å². The number of imide groups is 1. The van der Waals surface area contributed by atoms with Crippen LogP contribution in [0.15, 0.2) is 83.4 Å². The lowest BCUT2D eigenvalue weighted by molar-refractivity contribution is -0.140. The number of methoxy groups -OCH3 is 2. The molecule has 0 radical (unpaired) electrons. The predicted molar refractivity (Wildman–Crippen MR) is 148 cm³/mol. The fraction of sp³-hybridized carbons (Fsp3) is 0.219. The molecule has 198 valence electrons. The minimum absolute atomic E-state index is 0.0411. The standard InChI is InChI=1S/C32H30N2O5/c1-21-5-7-24(8-6-21)20-39-29-14-11-25(18-30(29)38-4)17-27-22(2)28(19-33)32(36)34(31(27)35)16-15-23-9-12-26(37-3)13-10-23/h5-14,17-18H,15-16,20H2,1-4H3/b27-17+. The minimum atomic E-state index is -0.580. The maximum absolute atomic E-state index is 13.5. The Morgan fingerprint density at radius 3 is 2.18 bits per heavy atom. The van der Waals surface area contributed by atoms with E-state index in [4.69, 9.17) is 14.2 Å². The first-order valence-electron chi connectivity index (χ1n) is 12.5. The molecule has 0 saturated carbocycles. The number of benzene rings is 3. The van der Waals surface area contributed by atoms with Crippen molar-refractivity contribution in [2.75, 3.05) is 20.8 Å². The summed E-state index contributed by atoms with van der Waals surface area (Å²) in [4.78, 5) is 27.6. The third kappa shape index (κ3) is 6.19. The lowest BCUT2D eigenvalue weighted by Gasteiger charge is -2.27. The Hall–Kier alpha value is -4.83. The van der Waals surface area contributed by atoms with Crippen molar-refractivity contribution in [3.8, 4) is 23.3 Å². The zero-order valence-electron chi connectivity index (χ0n) is 22.5. The molecule has 0 N–H and O–H groups in total. The molecule has 0 aliphatic carbocycles. The fourth-order valence-electron chi connectivity index (χ4n) is 4.27. The number of nitriles is 1. The molecule has 0 bridgehead atoms. The molecule has 1 aliphatic rings. The second-order valence-corrected chi connectivity index (χ2v) is 9.21. The molecule has 2 amide bonds. The van der Waals surface area contributed by atoms with Crippen LogP contribution in [-0.2, 0) is 22.6 Å². The summed E-state index contributed by atoms with van der Waals surface area (Å²) in [5.41, 5.74) is 4.43. The van der Waals surface area contributed by atoms with E-state index in [1.54, 1.807) is 39.4 Å². The average Bonchev–Trinajstić information content (AvgIpc) is 2.95. The van der Waals surface area contributed by atoms with Crippen LogP contribution >= 0.6 is 0 Å². The Morgan fingerprint density at radius 1 is 0.846 bits per heavy atom. The van der Waals surface area contributed by atoms with Gasteiger partial charge in [-0.1, -0.05) is 48.0 Å². The SMILES string of the molecule is COc1ccc(CCN2C(=O)C(C#N)=C(C)/C(=C\c3ccc(OCc4ccc(C)cc4)c(OC)c3)C2=O)cc1. The number of rotatable bonds is 9. The number of carbonyl (C=O) groups excluding carboxylic acids is 2. The minimum Gasteiger partial charge on any atom is -0.497 e. The maximum atomic E-state index is 13.5. The van der Waals surface area contributed by atoms with E-state index in [0.717, 1.165) is 21.8 Å². The molecule has 0 atom stereocenters. The van der Waals surface area contributed by atoms with Gasteiger partial charge < -0.3 is 14.2 Å². The summed E-state index contributed by atoms with van der Waals surface area (Å²) in [5.74, 6) is 0.777. The molecule has 1 aliphatic heterocycles. The number of amides is 2. The van der Waals surface area contributed by atoms with Crippen LogP contribution in [0.3, 0.4) is 0 Å². The molecule has 0 fully saturated rings. The van der Waals surface area contributed by atoms with E-state index in [0.29, 0.717) is 35.7 Å². The molecular formula is C32H30N2O5. The fourth-order valence-corrected chi connectivity index (χ4v) is 4.27. The van der Waals surface area contributed by atoms with E-state index in [9.17, 15) is 14.9 Å². The molecule has 0 unspecified atom stereocenters. The topological polar surface area (TPSA) is 88.9 Å². The summed E-state index contributed by atoms with van der Waals surface area (Å²) in [6, 6.07) is 22.9. The zero-order valence-corrected chi connectivity index (χ0v) is 22.5. The van der Waals surface area contributed by atoms with E-state index >= 15 is 0 Å². The Balaban J connectivity index is 1.57. The summed E-state index contributed by atoms with van der Waals surface area (Å²) in [6.07, 6.45) is 2.13. The number of carbonyl (C=O) groups is 2. The van der Waals surface area contributed by atoms with Crippen molar-refractivity contribution >= 4 is 17.9 Å². The highest BCUT2D eigenvalue weighted by molar-refractivity contribution is 6.19. The zero-order chi connectivity index (χ0) is 27.9. The highest BCUT2D eigenvalue weighted by Gasteiger charge is 2.35. The predicted octanol–water partition coefficient (Wildman–Crippen LogP) is 5.43. The first-order chi connectivity index (χ1) is 18.8. The third-order valence-corrected chi connectivity index (χ3v) is 6.62. The van der Waals surface area contributed by atoms with Crippen molar-refractivity contribution in [3.63, 3.8) is 0 Å². The van der Waals surface area contributed by atoms with Crippen molar-refractivity contribution in [1.82, 2.24) is 4.90 Å². The van der Waals surface area contributed by atoms with E-state index in [2.05, 4.69) is 0 Å². The summed E-state index contributed by atoms with van der Waals surface area (Å²) >= 11 is 0. The van der Waals surface area contributed by atoms with Crippen LogP contribution in [0.2, 0.25) is 0 Å². The van der Waals surface area contributed by atoms with Crippen LogP contribution in [0.5, 0.6) is 17.2 Å². The monoisotopic (exact) mass is 522 g/mol. The van der Waals surface area contributed by atoms with Gasteiger partial charge in [-0.25, -0.2) is 0 Å². The van der Waals surface area contributed by atoms with Crippen LogP contribution in [0.1, 0.15) is 29.2 Å². The third-order valence-electron chi connectivity index (χ3n) is 6.62. The van der Waals surface area contributed by atoms with Crippen LogP contribution in [-0.4, -0.2) is 37.5 Å². The van der Waals surface area contributed by atoms with Gasteiger partial charge in [0.15, 0.2) is 11.5 Å². The van der Waals surface area contributed by atoms with E-state index < -0.39 is 11.8 Å². The molecule has 1 heterocycles. The molecule has 0 saturated heterocycles. The van der Waals surface area contributed by atoms with Crippen LogP contribution in [0.4, 0.5) is 0 Å². The number of aryl methyl sites for hydroxylation is 1. The van der Waals surface area contributed by atoms with Gasteiger partial charge in [0, 0.05) is 12.1 Å². The van der Waals surface area contributed by atoms with Gasteiger partial charge in [0.25, 0.3) is 11.8 Å². The van der Waals surface area contributed by atoms with Crippen molar-refractivity contribution in [2.24, 2.45) is 0 Å². The van der Waals surface area contributed by atoms with Gasteiger partial charge in [-0.15, -0.1) is 0 Å². The Bertz CT molecular complexity index is 1480. The van der Waals surface area contributed by atoms with Gasteiger partial charge in [-0.3, -0.25) is 14.5 Å². The molecule has 0 spiro atoms. The Labute approximate surface area is 228 Å². The second-order valence-electron chi connectivity index (χ2n) is 9.21. The number of ether oxygens (including phenoxy) is 3. The summed E-state index contributed by atoms with van der Waals surface area (Å²) in [5, 5.41) is 9.71. The van der Waals surface area contributed by atoms with Gasteiger partial charge in [0.2, 0.25) is 0 Å². The number of hydrogen-bond acceptors (Lipinski definition) is 6. The molecule has 0 aromatic heterocycles. The molecule has 4 rings (SSSR count). The lowest BCUT2D eigenvalue weighted by atomic mass is 9.93. The molecule has 7 heteroatoms. The summed E-state index contributed by atoms with van der Waals surface area (Å²) in [6.45, 7) is 4.19. The summed E-state index contributed by atoms with van der Waals surface area (Å²) < 4.78 is 16.7. The number of hydrogen-bond donors (Lipinski definition) is 0. The molecule has 3 aromatic carbocycles. The Kier molecular flexibility index (Phi) is 8.47. The van der Waals surface area contributed by atoms with Crippen molar-refractivity contribution < 1.29 is 23.8 Å². The number of nitrogens with zero attached hydrogens (tertiary/aromatic N) is 2. The molecule has 7 nitrogen and oxygen atoms in total. The van der Waals surface area contributed by atoms with Gasteiger partial charge in [0.1, 0.15) is 24.0 Å². The van der Waals surface area contributed by atoms with Gasteiger partial charge in [-0.2, -0.15) is 5.26 Å². The molecule has 39 heavy (non-hydrogen) atoms. The lowest BCUT2D eigenvalue weighted by Crippen LogP contribution is -2.43. The quantitative estimate of drug-likeness (QED) is 0.275. The van der Waals surface area contributed by atoms with E-state index in [1.807, 2.05) is 67.6 Å². The summed E-state index contributed by atoms with van der Waals surface area (Å²) in [7, 11) is 3.14. The van der Waals surface area contributed by atoms with Crippen molar-refractivity contribution in [2.45, 2.75) is 26.9 Å². The molecular weight excluding hydrogens is 492 g/mol. The second kappa shape index (κ2) is 12.1. The molecule has 3 aromatic rings.